The van der Waals surface area contributed by atoms with Gasteiger partial charge in [0, 0.05) is 25.6 Å². The lowest BCUT2D eigenvalue weighted by Crippen LogP contribution is -2.29. The van der Waals surface area contributed by atoms with Gasteiger partial charge in [-0.2, -0.15) is 5.10 Å². The second-order valence-corrected chi connectivity index (χ2v) is 6.93. The van der Waals surface area contributed by atoms with Gasteiger partial charge in [0.2, 0.25) is 0 Å². The van der Waals surface area contributed by atoms with Gasteiger partial charge in [0.15, 0.2) is 5.65 Å². The summed E-state index contributed by atoms with van der Waals surface area (Å²) < 4.78 is 1.93. The zero-order valence-electron chi connectivity index (χ0n) is 15.5. The highest BCUT2D eigenvalue weighted by atomic mass is 15.3. The van der Waals surface area contributed by atoms with Gasteiger partial charge in [0.05, 0.1) is 17.3 Å². The molecule has 6 nitrogen and oxygen atoms in total. The van der Waals surface area contributed by atoms with Crippen LogP contribution in [0.25, 0.3) is 16.7 Å². The molecule has 0 amide bonds. The first-order valence-electron chi connectivity index (χ1n) is 9.54. The highest BCUT2D eigenvalue weighted by Gasteiger charge is 2.21. The van der Waals surface area contributed by atoms with Crippen LogP contribution in [0.4, 0.5) is 5.82 Å². The van der Waals surface area contributed by atoms with Gasteiger partial charge in [0.1, 0.15) is 11.6 Å². The maximum absolute atomic E-state index is 4.98. The Morgan fingerprint density at radius 2 is 1.96 bits per heavy atom. The number of hydrogen-bond acceptors (Lipinski definition) is 5. The van der Waals surface area contributed by atoms with E-state index in [1.807, 2.05) is 29.1 Å². The first-order chi connectivity index (χ1) is 12.8. The van der Waals surface area contributed by atoms with Crippen LogP contribution < -0.4 is 10.2 Å². The van der Waals surface area contributed by atoms with Crippen LogP contribution in [-0.2, 0) is 0 Å². The van der Waals surface area contributed by atoms with Crippen molar-refractivity contribution in [2.45, 2.75) is 32.6 Å². The molecule has 0 bridgehead atoms. The van der Waals surface area contributed by atoms with Crippen LogP contribution in [0.2, 0.25) is 0 Å². The van der Waals surface area contributed by atoms with E-state index in [0.29, 0.717) is 5.92 Å². The van der Waals surface area contributed by atoms with Crippen LogP contribution in [0.1, 0.15) is 38.4 Å². The largest absolute Gasteiger partial charge is 0.355 e. The fourth-order valence-corrected chi connectivity index (χ4v) is 3.37. The molecule has 1 aliphatic heterocycles. The molecule has 0 aliphatic carbocycles. The van der Waals surface area contributed by atoms with E-state index >= 15 is 0 Å². The number of para-hydroxylation sites is 1. The number of nitrogens with one attached hydrogen (secondary N) is 1. The Morgan fingerprint density at radius 3 is 2.77 bits per heavy atom. The van der Waals surface area contributed by atoms with Gasteiger partial charge < -0.3 is 10.2 Å². The van der Waals surface area contributed by atoms with Crippen LogP contribution in [0, 0.1) is 0 Å². The third-order valence-corrected chi connectivity index (χ3v) is 5.12. The molecule has 1 fully saturated rings. The summed E-state index contributed by atoms with van der Waals surface area (Å²) in [6, 6.07) is 10.2. The Kier molecular flexibility index (Phi) is 4.84. The van der Waals surface area contributed by atoms with Crippen LogP contribution in [0.15, 0.2) is 36.5 Å². The van der Waals surface area contributed by atoms with Crippen molar-refractivity contribution in [3.8, 4) is 5.69 Å². The SMILES string of the molecule is CCC(C)c1nc(N2CCCNCC2)c2cnn(-c3ccccc3)c2n1. The molecule has 1 aliphatic rings. The average molecular weight is 350 g/mol. The summed E-state index contributed by atoms with van der Waals surface area (Å²) in [5.41, 5.74) is 1.92. The van der Waals surface area contributed by atoms with Crippen molar-refractivity contribution in [3.05, 3.63) is 42.4 Å². The predicted molar refractivity (Wildman–Crippen MR) is 105 cm³/mol. The minimum absolute atomic E-state index is 0.322. The summed E-state index contributed by atoms with van der Waals surface area (Å²) in [6.07, 6.45) is 4.05. The molecule has 26 heavy (non-hydrogen) atoms. The standard InChI is InChI=1S/C20H26N6/c1-3-15(2)18-23-19(25-12-7-10-21-11-13-25)17-14-22-26(20(17)24-18)16-8-5-4-6-9-16/h4-6,8-9,14-15,21H,3,7,10-13H2,1-2H3. The smallest absolute Gasteiger partial charge is 0.168 e. The third-order valence-electron chi connectivity index (χ3n) is 5.12. The van der Waals surface area contributed by atoms with E-state index < -0.39 is 0 Å². The number of aromatic nitrogens is 4. The monoisotopic (exact) mass is 350 g/mol. The van der Waals surface area contributed by atoms with Crippen LogP contribution in [0.5, 0.6) is 0 Å². The predicted octanol–water partition coefficient (Wildman–Crippen LogP) is 3.13. The lowest BCUT2D eigenvalue weighted by atomic mass is 10.1. The van der Waals surface area contributed by atoms with Crippen molar-refractivity contribution in [1.29, 1.82) is 0 Å². The molecule has 1 atom stereocenters. The third kappa shape index (κ3) is 3.17. The number of benzene rings is 1. The minimum Gasteiger partial charge on any atom is -0.355 e. The van der Waals surface area contributed by atoms with Crippen molar-refractivity contribution in [2.24, 2.45) is 0 Å². The molecule has 3 heterocycles. The highest BCUT2D eigenvalue weighted by Crippen LogP contribution is 2.28. The summed E-state index contributed by atoms with van der Waals surface area (Å²) in [5, 5.41) is 9.14. The van der Waals surface area contributed by atoms with E-state index in [4.69, 9.17) is 9.97 Å². The van der Waals surface area contributed by atoms with Gasteiger partial charge in [-0.1, -0.05) is 32.0 Å². The van der Waals surface area contributed by atoms with E-state index in [1.54, 1.807) is 0 Å². The van der Waals surface area contributed by atoms with Crippen molar-refractivity contribution in [2.75, 3.05) is 31.1 Å². The lowest BCUT2D eigenvalue weighted by molar-refractivity contribution is 0.675. The first-order valence-corrected chi connectivity index (χ1v) is 9.54. The molecule has 1 saturated heterocycles. The summed E-state index contributed by atoms with van der Waals surface area (Å²) in [6.45, 7) is 8.39. The molecule has 1 N–H and O–H groups in total. The fraction of sp³-hybridized carbons (Fsp3) is 0.450. The topological polar surface area (TPSA) is 58.9 Å². The van der Waals surface area contributed by atoms with Gasteiger partial charge in [-0.15, -0.1) is 0 Å². The molecular weight excluding hydrogens is 324 g/mol. The first kappa shape index (κ1) is 17.0. The Labute approximate surface area is 154 Å². The molecule has 4 rings (SSSR count). The molecule has 1 unspecified atom stereocenters. The van der Waals surface area contributed by atoms with Crippen molar-refractivity contribution < 1.29 is 0 Å². The molecule has 136 valence electrons. The summed E-state index contributed by atoms with van der Waals surface area (Å²) in [5.74, 6) is 2.25. The highest BCUT2D eigenvalue weighted by molar-refractivity contribution is 5.88. The van der Waals surface area contributed by atoms with Gasteiger partial charge in [-0.05, 0) is 31.5 Å². The van der Waals surface area contributed by atoms with Crippen molar-refractivity contribution in [3.63, 3.8) is 0 Å². The Bertz CT molecular complexity index is 865. The second kappa shape index (κ2) is 7.41. The minimum atomic E-state index is 0.322. The zero-order valence-corrected chi connectivity index (χ0v) is 15.5. The second-order valence-electron chi connectivity index (χ2n) is 6.93. The van der Waals surface area contributed by atoms with Crippen molar-refractivity contribution in [1.82, 2.24) is 25.1 Å². The van der Waals surface area contributed by atoms with E-state index in [0.717, 1.165) is 67.4 Å². The van der Waals surface area contributed by atoms with E-state index in [1.165, 1.54) is 0 Å². The quantitative estimate of drug-likeness (QED) is 0.783. The molecule has 0 saturated carbocycles. The van der Waals surface area contributed by atoms with Crippen molar-refractivity contribution >= 4 is 16.9 Å². The number of fused-ring (bicyclic) bond motifs is 1. The van der Waals surface area contributed by atoms with Gasteiger partial charge in [0.25, 0.3) is 0 Å². The van der Waals surface area contributed by atoms with Gasteiger partial charge >= 0.3 is 0 Å². The molecule has 1 aromatic carbocycles. The Morgan fingerprint density at radius 1 is 1.12 bits per heavy atom. The number of rotatable bonds is 4. The maximum Gasteiger partial charge on any atom is 0.168 e. The number of nitrogens with zero attached hydrogens (tertiary/aromatic N) is 5. The summed E-state index contributed by atoms with van der Waals surface area (Å²) >= 11 is 0. The molecule has 3 aromatic rings. The number of anilines is 1. The molecule has 6 heteroatoms. The molecule has 0 spiro atoms. The van der Waals surface area contributed by atoms with Crippen LogP contribution >= 0.6 is 0 Å². The van der Waals surface area contributed by atoms with Gasteiger partial charge in [-0.25, -0.2) is 14.6 Å². The Balaban J connectivity index is 1.88. The van der Waals surface area contributed by atoms with E-state index in [-0.39, 0.29) is 0 Å². The fourth-order valence-electron chi connectivity index (χ4n) is 3.37. The average Bonchev–Trinajstić information content (AvgIpc) is 2.93. The van der Waals surface area contributed by atoms with Gasteiger partial charge in [-0.3, -0.25) is 0 Å². The summed E-state index contributed by atoms with van der Waals surface area (Å²) in [4.78, 5) is 12.3. The maximum atomic E-state index is 4.98. The van der Waals surface area contributed by atoms with E-state index in [9.17, 15) is 0 Å². The van der Waals surface area contributed by atoms with Crippen LogP contribution in [0.3, 0.4) is 0 Å². The normalized spacial score (nSPS) is 16.6. The number of hydrogen-bond donors (Lipinski definition) is 1. The Hall–Kier alpha value is -2.47. The van der Waals surface area contributed by atoms with Crippen LogP contribution in [-0.4, -0.2) is 45.9 Å². The lowest BCUT2D eigenvalue weighted by Gasteiger charge is -2.23. The van der Waals surface area contributed by atoms with E-state index in [2.05, 4.69) is 41.3 Å². The molecule has 2 aromatic heterocycles. The molecule has 0 radical (unpaired) electrons. The molecular formula is C20H26N6. The summed E-state index contributed by atoms with van der Waals surface area (Å²) in [7, 11) is 0. The zero-order chi connectivity index (χ0) is 17.9.